The molecule has 0 amide bonds. The van der Waals surface area contributed by atoms with Crippen LogP contribution in [-0.2, 0) is 7.05 Å². The number of hydrogen-bond acceptors (Lipinski definition) is 3. The Balaban J connectivity index is 1.88. The van der Waals surface area contributed by atoms with Gasteiger partial charge in [0.2, 0.25) is 5.95 Å². The van der Waals surface area contributed by atoms with Crippen molar-refractivity contribution in [2.24, 2.45) is 7.05 Å². The predicted octanol–water partition coefficient (Wildman–Crippen LogP) is 1.10. The molecule has 0 aliphatic carbocycles. The lowest BCUT2D eigenvalue weighted by Gasteiger charge is -2.35. The van der Waals surface area contributed by atoms with Crippen LogP contribution in [0.2, 0.25) is 0 Å². The maximum Gasteiger partial charge on any atom is 0.401 e. The van der Waals surface area contributed by atoms with Crippen molar-refractivity contribution in [3.63, 3.8) is 0 Å². The van der Waals surface area contributed by atoms with Crippen LogP contribution in [0.25, 0.3) is 0 Å². The first-order chi connectivity index (χ1) is 7.96. The summed E-state index contributed by atoms with van der Waals surface area (Å²) in [6.07, 6.45) is -0.583. The van der Waals surface area contributed by atoms with Crippen molar-refractivity contribution in [3.8, 4) is 0 Å². The average Bonchev–Trinajstić information content (AvgIpc) is 2.63. The Morgan fingerprint density at radius 2 is 1.88 bits per heavy atom. The first-order valence-corrected chi connectivity index (χ1v) is 5.47. The molecule has 0 aromatic carbocycles. The van der Waals surface area contributed by atoms with Gasteiger partial charge in [-0.25, -0.2) is 4.98 Å². The van der Waals surface area contributed by atoms with Crippen molar-refractivity contribution in [2.45, 2.75) is 6.18 Å². The SMILES string of the molecule is Cn1ccnc1N1CCN(CC(F)(F)F)CC1. The molecule has 2 heterocycles. The van der Waals surface area contributed by atoms with Crippen LogP contribution in [-0.4, -0.2) is 53.4 Å². The van der Waals surface area contributed by atoms with Gasteiger partial charge < -0.3 is 9.47 Å². The van der Waals surface area contributed by atoms with Crippen LogP contribution in [0.5, 0.6) is 0 Å². The highest BCUT2D eigenvalue weighted by atomic mass is 19.4. The normalized spacial score (nSPS) is 18.7. The molecule has 1 aromatic rings. The molecule has 2 rings (SSSR count). The summed E-state index contributed by atoms with van der Waals surface area (Å²) in [5.41, 5.74) is 0. The van der Waals surface area contributed by atoms with Gasteiger partial charge in [-0.15, -0.1) is 0 Å². The molecule has 96 valence electrons. The summed E-state index contributed by atoms with van der Waals surface area (Å²) in [4.78, 5) is 7.62. The Kier molecular flexibility index (Phi) is 3.28. The molecule has 0 unspecified atom stereocenters. The first kappa shape index (κ1) is 12.2. The van der Waals surface area contributed by atoms with E-state index in [1.165, 1.54) is 4.90 Å². The second kappa shape index (κ2) is 4.56. The van der Waals surface area contributed by atoms with Crippen LogP contribution in [0, 0.1) is 0 Å². The summed E-state index contributed by atoms with van der Waals surface area (Å²) < 4.78 is 38.5. The van der Waals surface area contributed by atoms with E-state index in [-0.39, 0.29) is 0 Å². The fourth-order valence-corrected chi connectivity index (χ4v) is 2.02. The number of alkyl halides is 3. The smallest absolute Gasteiger partial charge is 0.340 e. The zero-order valence-electron chi connectivity index (χ0n) is 9.61. The highest BCUT2D eigenvalue weighted by molar-refractivity contribution is 5.31. The van der Waals surface area contributed by atoms with Gasteiger partial charge in [0.15, 0.2) is 0 Å². The van der Waals surface area contributed by atoms with Crippen LogP contribution in [0.4, 0.5) is 19.1 Å². The Morgan fingerprint density at radius 3 is 2.35 bits per heavy atom. The quantitative estimate of drug-likeness (QED) is 0.783. The summed E-state index contributed by atoms with van der Waals surface area (Å²) in [7, 11) is 1.88. The van der Waals surface area contributed by atoms with Gasteiger partial charge in [0, 0.05) is 45.6 Å². The van der Waals surface area contributed by atoms with Gasteiger partial charge in [-0.2, -0.15) is 13.2 Å². The monoisotopic (exact) mass is 248 g/mol. The van der Waals surface area contributed by atoms with Gasteiger partial charge in [0.25, 0.3) is 0 Å². The van der Waals surface area contributed by atoms with Gasteiger partial charge in [0.1, 0.15) is 0 Å². The first-order valence-electron chi connectivity index (χ1n) is 5.47. The molecule has 1 fully saturated rings. The summed E-state index contributed by atoms with van der Waals surface area (Å²) >= 11 is 0. The maximum atomic E-state index is 12.2. The van der Waals surface area contributed by atoms with E-state index in [9.17, 15) is 13.2 Å². The number of hydrogen-bond donors (Lipinski definition) is 0. The number of anilines is 1. The van der Waals surface area contributed by atoms with Crippen molar-refractivity contribution in [3.05, 3.63) is 12.4 Å². The van der Waals surface area contributed by atoms with E-state index >= 15 is 0 Å². The second-order valence-electron chi connectivity index (χ2n) is 4.22. The van der Waals surface area contributed by atoms with Gasteiger partial charge >= 0.3 is 6.18 Å². The number of nitrogens with zero attached hydrogens (tertiary/aromatic N) is 4. The van der Waals surface area contributed by atoms with Crippen molar-refractivity contribution in [2.75, 3.05) is 37.6 Å². The molecule has 0 saturated carbocycles. The number of aromatic nitrogens is 2. The van der Waals surface area contributed by atoms with Gasteiger partial charge in [-0.1, -0.05) is 0 Å². The molecule has 0 radical (unpaired) electrons. The lowest BCUT2D eigenvalue weighted by molar-refractivity contribution is -0.146. The summed E-state index contributed by atoms with van der Waals surface area (Å²) in [5.74, 6) is 0.816. The minimum atomic E-state index is -4.11. The lowest BCUT2D eigenvalue weighted by Crippen LogP contribution is -2.49. The zero-order valence-corrected chi connectivity index (χ0v) is 9.61. The Labute approximate surface area is 97.6 Å². The van der Waals surface area contributed by atoms with E-state index in [4.69, 9.17) is 0 Å². The van der Waals surface area contributed by atoms with E-state index < -0.39 is 12.7 Å². The molecule has 7 heteroatoms. The third kappa shape index (κ3) is 3.12. The minimum absolute atomic E-state index is 0.423. The second-order valence-corrected chi connectivity index (χ2v) is 4.22. The third-order valence-electron chi connectivity index (χ3n) is 2.85. The Bertz CT molecular complexity index is 366. The Hall–Kier alpha value is -1.24. The summed E-state index contributed by atoms with van der Waals surface area (Å²) in [6.45, 7) is 1.20. The number of piperazine rings is 1. The standard InChI is InChI=1S/C10H15F3N4/c1-15-3-2-14-9(15)17-6-4-16(5-7-17)8-10(11,12)13/h2-3H,4-8H2,1H3. The van der Waals surface area contributed by atoms with Gasteiger partial charge in [-0.3, -0.25) is 4.90 Å². The molecular formula is C10H15F3N4. The number of imidazole rings is 1. The topological polar surface area (TPSA) is 24.3 Å². The van der Waals surface area contributed by atoms with E-state index in [0.29, 0.717) is 26.2 Å². The lowest BCUT2D eigenvalue weighted by atomic mass is 10.3. The highest BCUT2D eigenvalue weighted by Gasteiger charge is 2.32. The van der Waals surface area contributed by atoms with Gasteiger partial charge in [0.05, 0.1) is 6.54 Å². The minimum Gasteiger partial charge on any atom is -0.340 e. The van der Waals surface area contributed by atoms with Crippen LogP contribution < -0.4 is 4.90 Å². The van der Waals surface area contributed by atoms with E-state index in [2.05, 4.69) is 4.98 Å². The molecule has 0 atom stereocenters. The van der Waals surface area contributed by atoms with Gasteiger partial charge in [-0.05, 0) is 0 Å². The van der Waals surface area contributed by atoms with E-state index in [0.717, 1.165) is 5.95 Å². The largest absolute Gasteiger partial charge is 0.401 e. The van der Waals surface area contributed by atoms with Crippen molar-refractivity contribution in [1.29, 1.82) is 0 Å². The molecule has 1 aliphatic heterocycles. The average molecular weight is 248 g/mol. The molecule has 0 bridgehead atoms. The molecule has 17 heavy (non-hydrogen) atoms. The molecule has 4 nitrogen and oxygen atoms in total. The molecule has 1 saturated heterocycles. The Morgan fingerprint density at radius 1 is 1.24 bits per heavy atom. The van der Waals surface area contributed by atoms with Crippen molar-refractivity contribution in [1.82, 2.24) is 14.5 Å². The predicted molar refractivity (Wildman–Crippen MR) is 57.9 cm³/mol. The zero-order chi connectivity index (χ0) is 12.5. The fourth-order valence-electron chi connectivity index (χ4n) is 2.02. The highest BCUT2D eigenvalue weighted by Crippen LogP contribution is 2.19. The van der Waals surface area contributed by atoms with Crippen LogP contribution in [0.3, 0.4) is 0 Å². The molecule has 1 aromatic heterocycles. The number of rotatable bonds is 2. The van der Waals surface area contributed by atoms with E-state index in [1.807, 2.05) is 22.7 Å². The molecule has 0 N–H and O–H groups in total. The van der Waals surface area contributed by atoms with Crippen LogP contribution in [0.15, 0.2) is 12.4 Å². The summed E-state index contributed by atoms with van der Waals surface area (Å²) in [6, 6.07) is 0. The van der Waals surface area contributed by atoms with Crippen molar-refractivity contribution < 1.29 is 13.2 Å². The van der Waals surface area contributed by atoms with Crippen LogP contribution >= 0.6 is 0 Å². The molecule has 0 spiro atoms. The van der Waals surface area contributed by atoms with E-state index in [1.54, 1.807) is 6.20 Å². The molecule has 1 aliphatic rings. The molecular weight excluding hydrogens is 233 g/mol. The van der Waals surface area contributed by atoms with Crippen LogP contribution in [0.1, 0.15) is 0 Å². The number of aryl methyl sites for hydroxylation is 1. The third-order valence-corrected chi connectivity index (χ3v) is 2.85. The maximum absolute atomic E-state index is 12.2. The summed E-state index contributed by atoms with van der Waals surface area (Å²) in [5, 5.41) is 0. The van der Waals surface area contributed by atoms with Crippen molar-refractivity contribution >= 4 is 5.95 Å². The fraction of sp³-hybridized carbons (Fsp3) is 0.700. The number of halogens is 3.